The van der Waals surface area contributed by atoms with Gasteiger partial charge in [0, 0.05) is 32.3 Å². The van der Waals surface area contributed by atoms with Crippen molar-refractivity contribution >= 4 is 46.7 Å². The predicted molar refractivity (Wildman–Crippen MR) is 136 cm³/mol. The molecule has 2 fully saturated rings. The number of thiocarbonyl (C=S) groups is 1. The highest BCUT2D eigenvalue weighted by molar-refractivity contribution is 7.80. The van der Waals surface area contributed by atoms with E-state index in [9.17, 15) is 19.1 Å². The highest BCUT2D eigenvalue weighted by Gasteiger charge is 2.33. The SMILES string of the molecule is CC(=S)NC[C@H]1CN(c2ccc(N3CCN(C(=O)/C=C/c4ccc(O)cc4)CC3)c(F)c2)C(=O)O1. The lowest BCUT2D eigenvalue weighted by Gasteiger charge is -2.36. The number of nitrogens with one attached hydrogen (secondary N) is 1. The van der Waals surface area contributed by atoms with E-state index in [2.05, 4.69) is 5.32 Å². The van der Waals surface area contributed by atoms with Crippen molar-refractivity contribution in [1.29, 1.82) is 0 Å². The number of benzene rings is 2. The first kappa shape index (κ1) is 24.5. The van der Waals surface area contributed by atoms with Gasteiger partial charge in [0.15, 0.2) is 0 Å². The van der Waals surface area contributed by atoms with Gasteiger partial charge in [0.1, 0.15) is 17.7 Å². The summed E-state index contributed by atoms with van der Waals surface area (Å²) in [5.41, 5.74) is 1.68. The fourth-order valence-corrected chi connectivity index (χ4v) is 4.13. The van der Waals surface area contributed by atoms with Crippen LogP contribution in [0.4, 0.5) is 20.6 Å². The van der Waals surface area contributed by atoms with Crippen LogP contribution in [0.1, 0.15) is 12.5 Å². The Hall–Kier alpha value is -3.66. The molecule has 2 saturated heterocycles. The van der Waals surface area contributed by atoms with Crippen LogP contribution in [0.2, 0.25) is 0 Å². The van der Waals surface area contributed by atoms with Crippen molar-refractivity contribution in [2.75, 3.05) is 49.1 Å². The largest absolute Gasteiger partial charge is 0.508 e. The van der Waals surface area contributed by atoms with Crippen molar-refractivity contribution in [2.45, 2.75) is 13.0 Å². The summed E-state index contributed by atoms with van der Waals surface area (Å²) in [7, 11) is 0. The standard InChI is InChI=1S/C25H27FN4O4S/c1-17(35)27-15-21-16-30(25(33)34-21)19-5-8-23(22(26)14-19)28-10-12-29(13-11-28)24(32)9-4-18-2-6-20(31)7-3-18/h2-9,14,21,31H,10-13,15-16H2,1H3,(H,27,35)/b9-4+/t21-/m0/s1. The van der Waals surface area contributed by atoms with E-state index in [0.29, 0.717) is 55.6 Å². The first-order valence-corrected chi connectivity index (χ1v) is 11.7. The van der Waals surface area contributed by atoms with Crippen LogP contribution >= 0.6 is 12.2 Å². The summed E-state index contributed by atoms with van der Waals surface area (Å²) >= 11 is 4.98. The zero-order chi connectivity index (χ0) is 24.9. The molecule has 2 heterocycles. The maximum Gasteiger partial charge on any atom is 0.414 e. The molecule has 0 aromatic heterocycles. The monoisotopic (exact) mass is 498 g/mol. The molecule has 1 atom stereocenters. The molecule has 2 aromatic rings. The molecule has 2 aliphatic heterocycles. The molecule has 10 heteroatoms. The van der Waals surface area contributed by atoms with E-state index in [-0.39, 0.29) is 17.8 Å². The number of amides is 2. The number of cyclic esters (lactones) is 1. The van der Waals surface area contributed by atoms with E-state index < -0.39 is 11.9 Å². The van der Waals surface area contributed by atoms with E-state index in [1.165, 1.54) is 17.0 Å². The summed E-state index contributed by atoms with van der Waals surface area (Å²) in [4.78, 5) is 30.4. The fraction of sp³-hybridized carbons (Fsp3) is 0.320. The van der Waals surface area contributed by atoms with Crippen LogP contribution in [0.25, 0.3) is 6.08 Å². The number of rotatable bonds is 6. The average Bonchev–Trinajstić information content (AvgIpc) is 3.22. The van der Waals surface area contributed by atoms with Gasteiger partial charge in [-0.2, -0.15) is 0 Å². The highest BCUT2D eigenvalue weighted by Crippen LogP contribution is 2.28. The third-order valence-corrected chi connectivity index (χ3v) is 6.08. The molecule has 0 spiro atoms. The van der Waals surface area contributed by atoms with Crippen LogP contribution in [-0.2, 0) is 9.53 Å². The minimum absolute atomic E-state index is 0.117. The molecule has 2 aromatic carbocycles. The van der Waals surface area contributed by atoms with Crippen molar-refractivity contribution in [2.24, 2.45) is 0 Å². The Balaban J connectivity index is 1.33. The molecule has 0 aliphatic carbocycles. The van der Waals surface area contributed by atoms with Gasteiger partial charge in [0.05, 0.1) is 29.5 Å². The van der Waals surface area contributed by atoms with Crippen molar-refractivity contribution in [3.63, 3.8) is 0 Å². The van der Waals surface area contributed by atoms with Crippen LogP contribution in [0.5, 0.6) is 5.75 Å². The Morgan fingerprint density at radius 2 is 1.91 bits per heavy atom. The summed E-state index contributed by atoms with van der Waals surface area (Å²) in [6.07, 6.45) is 2.33. The maximum atomic E-state index is 15.0. The van der Waals surface area contributed by atoms with E-state index >= 15 is 0 Å². The van der Waals surface area contributed by atoms with Gasteiger partial charge in [0.25, 0.3) is 0 Å². The Bertz CT molecular complexity index is 1130. The van der Waals surface area contributed by atoms with Gasteiger partial charge in [-0.15, -0.1) is 0 Å². The Morgan fingerprint density at radius 1 is 1.20 bits per heavy atom. The molecule has 4 rings (SSSR count). The lowest BCUT2D eigenvalue weighted by Crippen LogP contribution is -2.48. The molecule has 2 aliphatic rings. The number of carbonyl (C=O) groups excluding carboxylic acids is 2. The quantitative estimate of drug-likeness (QED) is 0.468. The van der Waals surface area contributed by atoms with Crippen LogP contribution < -0.4 is 15.1 Å². The Kier molecular flexibility index (Phi) is 7.50. The minimum atomic E-state index is -0.515. The molecule has 8 nitrogen and oxygen atoms in total. The summed E-state index contributed by atoms with van der Waals surface area (Å²) in [5.74, 6) is -0.378. The Morgan fingerprint density at radius 3 is 2.57 bits per heavy atom. The van der Waals surface area contributed by atoms with Crippen molar-refractivity contribution in [3.8, 4) is 5.75 Å². The number of carbonyl (C=O) groups is 2. The molecular formula is C25H27FN4O4S. The van der Waals surface area contributed by atoms with Gasteiger partial charge in [-0.25, -0.2) is 9.18 Å². The number of halogens is 1. The van der Waals surface area contributed by atoms with Gasteiger partial charge in [0.2, 0.25) is 5.91 Å². The summed E-state index contributed by atoms with van der Waals surface area (Å²) in [6.45, 7) is 4.38. The van der Waals surface area contributed by atoms with Crippen LogP contribution in [0.3, 0.4) is 0 Å². The summed E-state index contributed by atoms with van der Waals surface area (Å²) < 4.78 is 20.3. The topological polar surface area (TPSA) is 85.4 Å². The molecule has 35 heavy (non-hydrogen) atoms. The molecule has 0 saturated carbocycles. The normalized spacial score (nSPS) is 18.2. The summed E-state index contributed by atoms with van der Waals surface area (Å²) in [6, 6.07) is 11.3. The van der Waals surface area contributed by atoms with Gasteiger partial charge in [-0.1, -0.05) is 24.4 Å². The zero-order valence-corrected chi connectivity index (χ0v) is 20.1. The van der Waals surface area contributed by atoms with Gasteiger partial charge in [-0.05, 0) is 48.9 Å². The molecule has 0 unspecified atom stereocenters. The second kappa shape index (κ2) is 10.7. The average molecular weight is 499 g/mol. The number of aromatic hydroxyl groups is 1. The molecule has 2 amide bonds. The van der Waals surface area contributed by atoms with Gasteiger partial charge < -0.3 is 25.0 Å². The number of hydrogen-bond acceptors (Lipinski definition) is 6. The first-order valence-electron chi connectivity index (χ1n) is 11.3. The second-order valence-corrected chi connectivity index (χ2v) is 9.04. The van der Waals surface area contributed by atoms with Crippen LogP contribution in [-0.4, -0.2) is 72.4 Å². The third kappa shape index (κ3) is 6.07. The number of anilines is 2. The second-order valence-electron chi connectivity index (χ2n) is 8.43. The van der Waals surface area contributed by atoms with Crippen LogP contribution in [0.15, 0.2) is 48.5 Å². The van der Waals surface area contributed by atoms with E-state index in [1.54, 1.807) is 54.3 Å². The van der Waals surface area contributed by atoms with Crippen molar-refractivity contribution in [1.82, 2.24) is 10.2 Å². The molecule has 184 valence electrons. The van der Waals surface area contributed by atoms with Gasteiger partial charge in [-0.3, -0.25) is 9.69 Å². The van der Waals surface area contributed by atoms with Crippen molar-refractivity contribution in [3.05, 3.63) is 59.9 Å². The Labute approximate surface area is 208 Å². The van der Waals surface area contributed by atoms with Crippen molar-refractivity contribution < 1.29 is 23.8 Å². The van der Waals surface area contributed by atoms with E-state index in [0.717, 1.165) is 5.56 Å². The molecule has 0 radical (unpaired) electrons. The minimum Gasteiger partial charge on any atom is -0.508 e. The first-order chi connectivity index (χ1) is 16.8. The highest BCUT2D eigenvalue weighted by atomic mass is 32.1. The number of hydrogen-bond donors (Lipinski definition) is 2. The third-order valence-electron chi connectivity index (χ3n) is 5.94. The number of ether oxygens (including phenoxy) is 1. The van der Waals surface area contributed by atoms with Crippen LogP contribution in [0, 0.1) is 5.82 Å². The number of phenolic OH excluding ortho intramolecular Hbond substituents is 1. The number of phenols is 1. The lowest BCUT2D eigenvalue weighted by atomic mass is 10.2. The summed E-state index contributed by atoms with van der Waals surface area (Å²) in [5, 5.41) is 12.3. The molecule has 0 bridgehead atoms. The maximum absolute atomic E-state index is 15.0. The fourth-order valence-electron chi connectivity index (χ4n) is 4.04. The predicted octanol–water partition coefficient (Wildman–Crippen LogP) is 3.16. The smallest absolute Gasteiger partial charge is 0.414 e. The number of nitrogens with zero attached hydrogens (tertiary/aromatic N) is 3. The van der Waals surface area contributed by atoms with Gasteiger partial charge >= 0.3 is 6.09 Å². The lowest BCUT2D eigenvalue weighted by molar-refractivity contribution is -0.126. The van der Waals surface area contributed by atoms with E-state index in [4.69, 9.17) is 17.0 Å². The zero-order valence-electron chi connectivity index (χ0n) is 19.3. The molecule has 2 N–H and O–H groups in total. The molecular weight excluding hydrogens is 471 g/mol. The number of piperazine rings is 1. The van der Waals surface area contributed by atoms with E-state index in [1.807, 2.05) is 4.90 Å².